The van der Waals surface area contributed by atoms with Gasteiger partial charge in [0.2, 0.25) is 0 Å². The fourth-order valence-electron chi connectivity index (χ4n) is 1.69. The molecule has 0 aliphatic carbocycles. The van der Waals surface area contributed by atoms with E-state index in [1.807, 2.05) is 19.0 Å². The lowest BCUT2D eigenvalue weighted by Crippen LogP contribution is -2.25. The Labute approximate surface area is 126 Å². The Kier molecular flexibility index (Phi) is 4.70. The van der Waals surface area contributed by atoms with Gasteiger partial charge in [0.25, 0.3) is 5.91 Å². The van der Waals surface area contributed by atoms with Crippen LogP contribution in [0.5, 0.6) is 0 Å². The fourth-order valence-corrected chi connectivity index (χ4v) is 1.93. The quantitative estimate of drug-likeness (QED) is 0.941. The minimum atomic E-state index is -0.664. The lowest BCUT2D eigenvalue weighted by atomic mass is 10.2. The van der Waals surface area contributed by atoms with E-state index in [4.69, 9.17) is 11.6 Å². The zero-order valence-corrected chi connectivity index (χ0v) is 12.4. The van der Waals surface area contributed by atoms with Gasteiger partial charge >= 0.3 is 0 Å². The molecular weight excluding hydrogens is 295 g/mol. The zero-order valence-electron chi connectivity index (χ0n) is 11.6. The van der Waals surface area contributed by atoms with Crippen molar-refractivity contribution in [3.8, 4) is 0 Å². The molecule has 1 aromatic carbocycles. The number of nitrogens with zero attached hydrogens (tertiary/aromatic N) is 3. The molecule has 0 saturated carbocycles. The maximum absolute atomic E-state index is 13.6. The highest BCUT2D eigenvalue weighted by atomic mass is 35.5. The Morgan fingerprint density at radius 2 is 2.14 bits per heavy atom. The summed E-state index contributed by atoms with van der Waals surface area (Å²) in [5.74, 6) is -0.111. The predicted octanol–water partition coefficient (Wildman–Crippen LogP) is 2.27. The van der Waals surface area contributed by atoms with Crippen LogP contribution in [0.1, 0.15) is 16.2 Å². The molecule has 0 radical (unpaired) electrons. The monoisotopic (exact) mass is 308 g/mol. The number of rotatable bonds is 4. The van der Waals surface area contributed by atoms with Crippen LogP contribution >= 0.6 is 11.6 Å². The van der Waals surface area contributed by atoms with Crippen LogP contribution in [0.3, 0.4) is 0 Å². The first-order chi connectivity index (χ1) is 9.99. The molecule has 0 aliphatic heterocycles. The van der Waals surface area contributed by atoms with Crippen LogP contribution in [0.4, 0.5) is 10.2 Å². The smallest absolute Gasteiger partial charge is 0.256 e. The van der Waals surface area contributed by atoms with Crippen molar-refractivity contribution in [2.45, 2.75) is 6.54 Å². The van der Waals surface area contributed by atoms with E-state index < -0.39 is 11.7 Å². The Morgan fingerprint density at radius 3 is 2.81 bits per heavy atom. The summed E-state index contributed by atoms with van der Waals surface area (Å²) in [5, 5.41) is 2.62. The predicted molar refractivity (Wildman–Crippen MR) is 78.9 cm³/mol. The Bertz CT molecular complexity index is 643. The average molecular weight is 309 g/mol. The number of hydrogen-bond donors (Lipinski definition) is 1. The molecule has 0 spiro atoms. The Morgan fingerprint density at radius 1 is 1.38 bits per heavy atom. The van der Waals surface area contributed by atoms with E-state index in [1.165, 1.54) is 18.2 Å². The molecule has 1 aromatic heterocycles. The van der Waals surface area contributed by atoms with Gasteiger partial charge in [0.1, 0.15) is 17.5 Å². The van der Waals surface area contributed by atoms with Crippen LogP contribution in [0.2, 0.25) is 5.02 Å². The average Bonchev–Trinajstić information content (AvgIpc) is 2.45. The number of carbonyl (C=O) groups excluding carboxylic acids is 1. The molecule has 21 heavy (non-hydrogen) atoms. The topological polar surface area (TPSA) is 58.1 Å². The third kappa shape index (κ3) is 3.66. The van der Waals surface area contributed by atoms with Gasteiger partial charge in [-0.25, -0.2) is 14.4 Å². The molecule has 0 bridgehead atoms. The van der Waals surface area contributed by atoms with Crippen LogP contribution in [0.25, 0.3) is 0 Å². The van der Waals surface area contributed by atoms with Gasteiger partial charge in [-0.2, -0.15) is 0 Å². The molecule has 5 nitrogen and oxygen atoms in total. The summed E-state index contributed by atoms with van der Waals surface area (Å²) < 4.78 is 13.6. The van der Waals surface area contributed by atoms with E-state index >= 15 is 0 Å². The molecule has 0 unspecified atom stereocenters. The minimum absolute atomic E-state index is 0.0652. The number of aromatic nitrogens is 2. The summed E-state index contributed by atoms with van der Waals surface area (Å²) in [4.78, 5) is 22.1. The molecule has 0 atom stereocenters. The summed E-state index contributed by atoms with van der Waals surface area (Å²) in [7, 11) is 3.70. The van der Waals surface area contributed by atoms with Gasteiger partial charge in [0, 0.05) is 20.3 Å². The third-order valence-corrected chi connectivity index (χ3v) is 3.06. The first-order valence-corrected chi connectivity index (χ1v) is 6.58. The summed E-state index contributed by atoms with van der Waals surface area (Å²) in [6.07, 6.45) is 1.60. The summed E-state index contributed by atoms with van der Waals surface area (Å²) in [6.45, 7) is 0.0885. The number of amides is 1. The van der Waals surface area contributed by atoms with Crippen molar-refractivity contribution in [3.63, 3.8) is 0 Å². The van der Waals surface area contributed by atoms with Gasteiger partial charge in [-0.1, -0.05) is 17.7 Å². The molecule has 7 heteroatoms. The van der Waals surface area contributed by atoms with Crippen molar-refractivity contribution in [2.75, 3.05) is 19.0 Å². The van der Waals surface area contributed by atoms with Crippen LogP contribution in [-0.4, -0.2) is 30.0 Å². The first-order valence-electron chi connectivity index (χ1n) is 6.20. The second-order valence-corrected chi connectivity index (χ2v) is 4.91. The van der Waals surface area contributed by atoms with Gasteiger partial charge in [-0.15, -0.1) is 0 Å². The van der Waals surface area contributed by atoms with Crippen molar-refractivity contribution < 1.29 is 9.18 Å². The third-order valence-electron chi connectivity index (χ3n) is 2.75. The second-order valence-electron chi connectivity index (χ2n) is 4.50. The molecule has 2 aromatic rings. The maximum atomic E-state index is 13.6. The molecule has 1 heterocycles. The van der Waals surface area contributed by atoms with Crippen molar-refractivity contribution in [1.82, 2.24) is 15.3 Å². The number of hydrogen-bond acceptors (Lipinski definition) is 4. The highest BCUT2D eigenvalue weighted by Gasteiger charge is 2.15. The number of anilines is 1. The number of carbonyl (C=O) groups is 1. The van der Waals surface area contributed by atoms with E-state index in [9.17, 15) is 9.18 Å². The van der Waals surface area contributed by atoms with Gasteiger partial charge in [-0.05, 0) is 18.2 Å². The molecule has 0 saturated heterocycles. The summed E-state index contributed by atoms with van der Waals surface area (Å²) in [6, 6.07) is 5.84. The largest absolute Gasteiger partial charge is 0.363 e. The van der Waals surface area contributed by atoms with Crippen LogP contribution in [0.15, 0.2) is 30.5 Å². The van der Waals surface area contributed by atoms with E-state index in [0.717, 1.165) is 5.82 Å². The van der Waals surface area contributed by atoms with Crippen LogP contribution in [0, 0.1) is 5.82 Å². The van der Waals surface area contributed by atoms with Crippen molar-refractivity contribution in [2.24, 2.45) is 0 Å². The van der Waals surface area contributed by atoms with E-state index in [0.29, 0.717) is 5.82 Å². The normalized spacial score (nSPS) is 10.3. The van der Waals surface area contributed by atoms with Gasteiger partial charge in [0.15, 0.2) is 0 Å². The molecule has 0 fully saturated rings. The van der Waals surface area contributed by atoms with Crippen molar-refractivity contribution in [3.05, 3.63) is 52.7 Å². The Hall–Kier alpha value is -2.21. The highest BCUT2D eigenvalue weighted by Crippen LogP contribution is 2.18. The lowest BCUT2D eigenvalue weighted by molar-refractivity contribution is 0.0946. The molecular formula is C14H14ClFN4O. The van der Waals surface area contributed by atoms with E-state index in [1.54, 1.807) is 12.3 Å². The number of nitrogens with one attached hydrogen (secondary N) is 1. The molecule has 110 valence electrons. The lowest BCUT2D eigenvalue weighted by Gasteiger charge is -2.12. The van der Waals surface area contributed by atoms with E-state index in [-0.39, 0.29) is 17.1 Å². The number of halogens is 2. The highest BCUT2D eigenvalue weighted by molar-refractivity contribution is 6.33. The minimum Gasteiger partial charge on any atom is -0.363 e. The van der Waals surface area contributed by atoms with Crippen molar-refractivity contribution >= 4 is 23.3 Å². The van der Waals surface area contributed by atoms with Crippen LogP contribution < -0.4 is 10.2 Å². The van der Waals surface area contributed by atoms with E-state index in [2.05, 4.69) is 15.3 Å². The summed E-state index contributed by atoms with van der Waals surface area (Å²) >= 11 is 5.83. The SMILES string of the molecule is CN(C)c1ccnc(CNC(=O)c2c(F)cccc2Cl)n1. The van der Waals surface area contributed by atoms with Crippen LogP contribution in [-0.2, 0) is 6.54 Å². The number of benzene rings is 1. The maximum Gasteiger partial charge on any atom is 0.256 e. The molecule has 0 aliphatic rings. The van der Waals surface area contributed by atoms with Gasteiger partial charge < -0.3 is 10.2 Å². The Balaban J connectivity index is 2.09. The first kappa shape index (κ1) is 15.2. The second kappa shape index (κ2) is 6.49. The molecule has 2 rings (SSSR count). The zero-order chi connectivity index (χ0) is 15.4. The standard InChI is InChI=1S/C14H14ClFN4O/c1-20(2)12-6-7-17-11(19-12)8-18-14(21)13-9(15)4-3-5-10(13)16/h3-7H,8H2,1-2H3,(H,18,21). The van der Waals surface area contributed by atoms with Gasteiger partial charge in [-0.3, -0.25) is 4.79 Å². The summed E-state index contributed by atoms with van der Waals surface area (Å²) in [5.41, 5.74) is -0.178. The molecule has 1 N–H and O–H groups in total. The molecule has 1 amide bonds. The van der Waals surface area contributed by atoms with Gasteiger partial charge in [0.05, 0.1) is 17.1 Å². The fraction of sp³-hybridized carbons (Fsp3) is 0.214. The van der Waals surface area contributed by atoms with Crippen molar-refractivity contribution in [1.29, 1.82) is 0 Å².